The molecule has 3 heteroatoms. The van der Waals surface area contributed by atoms with Crippen LogP contribution in [0.15, 0.2) is 42.5 Å². The number of hydrogen-bond acceptors (Lipinski definition) is 2. The first kappa shape index (κ1) is 14.5. The van der Waals surface area contributed by atoms with Crippen molar-refractivity contribution in [3.8, 4) is 0 Å². The molecular formula is C17H21NO2. The number of carbonyl (C=O) groups excluding carboxylic acids is 1. The van der Waals surface area contributed by atoms with Gasteiger partial charge in [0.1, 0.15) is 0 Å². The van der Waals surface area contributed by atoms with Crippen molar-refractivity contribution in [1.29, 1.82) is 0 Å². The van der Waals surface area contributed by atoms with Gasteiger partial charge in [-0.1, -0.05) is 42.5 Å². The van der Waals surface area contributed by atoms with E-state index in [1.807, 2.05) is 56.3 Å². The minimum absolute atomic E-state index is 0.0141. The lowest BCUT2D eigenvalue weighted by Crippen LogP contribution is -2.44. The maximum atomic E-state index is 12.2. The highest BCUT2D eigenvalue weighted by Crippen LogP contribution is 2.19. The summed E-state index contributed by atoms with van der Waals surface area (Å²) in [5, 5.41) is 14.2. The smallest absolute Gasteiger partial charge is 0.224 e. The first-order valence-corrected chi connectivity index (χ1v) is 6.90. The maximum Gasteiger partial charge on any atom is 0.224 e. The number of aliphatic hydroxyl groups excluding tert-OH is 1. The zero-order valence-corrected chi connectivity index (χ0v) is 12.0. The van der Waals surface area contributed by atoms with Crippen LogP contribution in [0.4, 0.5) is 0 Å². The van der Waals surface area contributed by atoms with E-state index in [2.05, 4.69) is 5.32 Å². The summed E-state index contributed by atoms with van der Waals surface area (Å²) in [6.07, 6.45) is 0.907. The van der Waals surface area contributed by atoms with Gasteiger partial charge >= 0.3 is 0 Å². The Morgan fingerprint density at radius 1 is 1.15 bits per heavy atom. The van der Waals surface area contributed by atoms with Crippen molar-refractivity contribution in [2.45, 2.75) is 32.2 Å². The first-order valence-electron chi connectivity index (χ1n) is 6.90. The molecule has 0 radical (unpaired) electrons. The van der Waals surface area contributed by atoms with E-state index in [0.717, 1.165) is 16.3 Å². The number of rotatable bonds is 5. The van der Waals surface area contributed by atoms with Crippen molar-refractivity contribution in [3.05, 3.63) is 48.0 Å². The van der Waals surface area contributed by atoms with Gasteiger partial charge in [0.15, 0.2) is 0 Å². The van der Waals surface area contributed by atoms with Gasteiger partial charge in [-0.05, 0) is 36.6 Å². The molecule has 0 unspecified atom stereocenters. The van der Waals surface area contributed by atoms with Crippen LogP contribution < -0.4 is 5.32 Å². The third-order valence-corrected chi connectivity index (χ3v) is 3.45. The van der Waals surface area contributed by atoms with Crippen LogP contribution in [-0.4, -0.2) is 23.2 Å². The molecule has 0 spiro atoms. The van der Waals surface area contributed by atoms with Crippen LogP contribution >= 0.6 is 0 Å². The van der Waals surface area contributed by atoms with Gasteiger partial charge < -0.3 is 10.4 Å². The van der Waals surface area contributed by atoms with E-state index in [-0.39, 0.29) is 18.1 Å². The number of benzene rings is 2. The second-order valence-corrected chi connectivity index (χ2v) is 5.72. The molecule has 3 nitrogen and oxygen atoms in total. The molecule has 0 bridgehead atoms. The van der Waals surface area contributed by atoms with Crippen LogP contribution in [0.1, 0.15) is 25.8 Å². The van der Waals surface area contributed by atoms with E-state index in [9.17, 15) is 4.79 Å². The summed E-state index contributed by atoms with van der Waals surface area (Å²) < 4.78 is 0. The molecule has 2 aromatic carbocycles. The van der Waals surface area contributed by atoms with Gasteiger partial charge in [0.25, 0.3) is 0 Å². The predicted molar refractivity (Wildman–Crippen MR) is 81.6 cm³/mol. The Kier molecular flexibility index (Phi) is 4.40. The number of fused-ring (bicyclic) bond motifs is 1. The van der Waals surface area contributed by atoms with Gasteiger partial charge in [-0.15, -0.1) is 0 Å². The fourth-order valence-corrected chi connectivity index (χ4v) is 2.38. The monoisotopic (exact) mass is 271 g/mol. The Bertz CT molecular complexity index is 599. The minimum Gasteiger partial charge on any atom is -0.396 e. The molecule has 0 saturated carbocycles. The van der Waals surface area contributed by atoms with Crippen molar-refractivity contribution < 1.29 is 9.90 Å². The highest BCUT2D eigenvalue weighted by Gasteiger charge is 2.19. The van der Waals surface area contributed by atoms with Crippen molar-refractivity contribution in [2.75, 3.05) is 6.61 Å². The summed E-state index contributed by atoms with van der Waals surface area (Å²) >= 11 is 0. The quantitative estimate of drug-likeness (QED) is 0.878. The number of nitrogens with one attached hydrogen (secondary N) is 1. The number of aliphatic hydroxyl groups is 1. The summed E-state index contributed by atoms with van der Waals surface area (Å²) in [4.78, 5) is 12.2. The lowest BCUT2D eigenvalue weighted by atomic mass is 9.99. The van der Waals surface area contributed by atoms with Crippen molar-refractivity contribution in [2.24, 2.45) is 0 Å². The molecule has 0 saturated heterocycles. The lowest BCUT2D eigenvalue weighted by molar-refractivity contribution is -0.122. The van der Waals surface area contributed by atoms with Crippen molar-refractivity contribution >= 4 is 16.7 Å². The minimum atomic E-state index is -0.379. The average Bonchev–Trinajstić information content (AvgIpc) is 2.38. The van der Waals surface area contributed by atoms with E-state index in [1.54, 1.807) is 0 Å². The van der Waals surface area contributed by atoms with Gasteiger partial charge in [-0.25, -0.2) is 0 Å². The highest BCUT2D eigenvalue weighted by atomic mass is 16.3. The van der Waals surface area contributed by atoms with Crippen molar-refractivity contribution in [3.63, 3.8) is 0 Å². The molecule has 0 aliphatic heterocycles. The van der Waals surface area contributed by atoms with Crippen LogP contribution in [0.2, 0.25) is 0 Å². The fourth-order valence-electron chi connectivity index (χ4n) is 2.38. The zero-order chi connectivity index (χ0) is 14.6. The standard InChI is InChI=1S/C17H21NO2/c1-17(2,10-11-19)18-16(20)12-14-8-5-7-13-6-3-4-9-15(13)14/h3-9,19H,10-12H2,1-2H3,(H,18,20). The molecule has 106 valence electrons. The van der Waals surface area contributed by atoms with Crippen LogP contribution in [-0.2, 0) is 11.2 Å². The molecule has 2 aromatic rings. The van der Waals surface area contributed by atoms with E-state index in [0.29, 0.717) is 12.8 Å². The second-order valence-electron chi connectivity index (χ2n) is 5.72. The molecule has 20 heavy (non-hydrogen) atoms. The van der Waals surface area contributed by atoms with Gasteiger partial charge in [-0.3, -0.25) is 4.79 Å². The normalized spacial score (nSPS) is 11.6. The largest absolute Gasteiger partial charge is 0.396 e. The van der Waals surface area contributed by atoms with E-state index in [1.165, 1.54) is 0 Å². The molecule has 0 aromatic heterocycles. The Balaban J connectivity index is 2.14. The zero-order valence-electron chi connectivity index (χ0n) is 12.0. The Labute approximate surface area is 119 Å². The van der Waals surface area contributed by atoms with E-state index < -0.39 is 0 Å². The molecule has 1 amide bonds. The Morgan fingerprint density at radius 2 is 1.85 bits per heavy atom. The molecule has 0 fully saturated rings. The van der Waals surface area contributed by atoms with Crippen LogP contribution in [0, 0.1) is 0 Å². The fraction of sp³-hybridized carbons (Fsp3) is 0.353. The number of carbonyl (C=O) groups is 1. The van der Waals surface area contributed by atoms with Crippen LogP contribution in [0.25, 0.3) is 10.8 Å². The maximum absolute atomic E-state index is 12.2. The third-order valence-electron chi connectivity index (χ3n) is 3.45. The van der Waals surface area contributed by atoms with E-state index in [4.69, 9.17) is 5.11 Å². The second kappa shape index (κ2) is 6.06. The SMILES string of the molecule is CC(C)(CCO)NC(=O)Cc1cccc2ccccc12. The summed E-state index contributed by atoms with van der Waals surface area (Å²) in [6, 6.07) is 14.1. The highest BCUT2D eigenvalue weighted by molar-refractivity contribution is 5.90. The van der Waals surface area contributed by atoms with Gasteiger partial charge in [0, 0.05) is 12.1 Å². The molecule has 2 rings (SSSR count). The molecular weight excluding hydrogens is 250 g/mol. The predicted octanol–water partition coefficient (Wildman–Crippen LogP) is 2.66. The average molecular weight is 271 g/mol. The number of hydrogen-bond donors (Lipinski definition) is 2. The lowest BCUT2D eigenvalue weighted by Gasteiger charge is -2.25. The van der Waals surface area contributed by atoms with Crippen molar-refractivity contribution in [1.82, 2.24) is 5.32 Å². The van der Waals surface area contributed by atoms with Gasteiger partial charge in [0.05, 0.1) is 6.42 Å². The Hall–Kier alpha value is -1.87. The Morgan fingerprint density at radius 3 is 2.60 bits per heavy atom. The van der Waals surface area contributed by atoms with Crippen LogP contribution in [0.5, 0.6) is 0 Å². The molecule has 0 aliphatic carbocycles. The molecule has 0 heterocycles. The third kappa shape index (κ3) is 3.58. The summed E-state index contributed by atoms with van der Waals surface area (Å²) in [5.41, 5.74) is 0.650. The van der Waals surface area contributed by atoms with E-state index >= 15 is 0 Å². The number of amides is 1. The van der Waals surface area contributed by atoms with Gasteiger partial charge in [-0.2, -0.15) is 0 Å². The van der Waals surface area contributed by atoms with Crippen LogP contribution in [0.3, 0.4) is 0 Å². The molecule has 0 atom stereocenters. The molecule has 2 N–H and O–H groups in total. The summed E-state index contributed by atoms with van der Waals surface area (Å²) in [6.45, 7) is 3.91. The summed E-state index contributed by atoms with van der Waals surface area (Å²) in [7, 11) is 0. The topological polar surface area (TPSA) is 49.3 Å². The first-order chi connectivity index (χ1) is 9.52. The molecule has 0 aliphatic rings. The van der Waals surface area contributed by atoms with Gasteiger partial charge in [0.2, 0.25) is 5.91 Å². The summed E-state index contributed by atoms with van der Waals surface area (Å²) in [5.74, 6) is -0.0141.